The first-order valence-corrected chi connectivity index (χ1v) is 10.2. The lowest BCUT2D eigenvalue weighted by Gasteiger charge is -2.09. The van der Waals surface area contributed by atoms with E-state index in [9.17, 15) is 18.8 Å². The van der Waals surface area contributed by atoms with Gasteiger partial charge in [0, 0.05) is 23.3 Å². The van der Waals surface area contributed by atoms with Crippen LogP contribution in [0.2, 0.25) is 0 Å². The van der Waals surface area contributed by atoms with Crippen molar-refractivity contribution in [3.05, 3.63) is 62.3 Å². The number of hydrazine groups is 1. The van der Waals surface area contributed by atoms with Gasteiger partial charge in [0.25, 0.3) is 11.5 Å². The van der Waals surface area contributed by atoms with Crippen molar-refractivity contribution in [1.82, 2.24) is 20.8 Å². The van der Waals surface area contributed by atoms with Crippen LogP contribution in [0.4, 0.5) is 4.39 Å². The molecule has 1 aromatic carbocycles. The number of carbonyl (C=O) groups is 2. The van der Waals surface area contributed by atoms with E-state index in [1.165, 1.54) is 17.0 Å². The molecule has 3 N–H and O–H groups in total. The van der Waals surface area contributed by atoms with Gasteiger partial charge in [-0.05, 0) is 55.5 Å². The fraction of sp³-hybridized carbons (Fsp3) is 0.300. The molecule has 9 heteroatoms. The highest BCUT2D eigenvalue weighted by Gasteiger charge is 2.20. The normalized spacial score (nSPS) is 13.1. The fourth-order valence-electron chi connectivity index (χ4n) is 3.42. The SMILES string of the molecule is O=C(CCc1nc2sc3c(c2c(=O)[nH]1)CCCC3)NNC(=O)c1ccc(F)cc1. The minimum Gasteiger partial charge on any atom is -0.310 e. The number of aromatic nitrogens is 2. The molecule has 0 aliphatic heterocycles. The second-order valence-corrected chi connectivity index (χ2v) is 8.00. The van der Waals surface area contributed by atoms with E-state index in [0.29, 0.717) is 11.2 Å². The first-order valence-electron chi connectivity index (χ1n) is 9.39. The third kappa shape index (κ3) is 4.19. The second kappa shape index (κ2) is 8.12. The van der Waals surface area contributed by atoms with Crippen molar-refractivity contribution < 1.29 is 14.0 Å². The van der Waals surface area contributed by atoms with Gasteiger partial charge in [-0.3, -0.25) is 25.2 Å². The molecule has 0 bridgehead atoms. The average Bonchev–Trinajstić information content (AvgIpc) is 3.10. The molecule has 4 rings (SSSR count). The number of benzene rings is 1. The van der Waals surface area contributed by atoms with E-state index in [4.69, 9.17) is 0 Å². The van der Waals surface area contributed by atoms with E-state index in [1.54, 1.807) is 11.3 Å². The summed E-state index contributed by atoms with van der Waals surface area (Å²) in [5, 5.41) is 0.685. The van der Waals surface area contributed by atoms with E-state index < -0.39 is 17.6 Å². The zero-order valence-electron chi connectivity index (χ0n) is 15.5. The lowest BCUT2D eigenvalue weighted by Crippen LogP contribution is -2.41. The number of aryl methyl sites for hydroxylation is 3. The number of rotatable bonds is 4. The maximum atomic E-state index is 12.9. The van der Waals surface area contributed by atoms with E-state index in [0.717, 1.165) is 48.2 Å². The van der Waals surface area contributed by atoms with Crippen molar-refractivity contribution in [2.45, 2.75) is 38.5 Å². The van der Waals surface area contributed by atoms with Gasteiger partial charge in [0.2, 0.25) is 5.91 Å². The van der Waals surface area contributed by atoms with Crippen molar-refractivity contribution in [2.75, 3.05) is 0 Å². The number of thiophene rings is 1. The summed E-state index contributed by atoms with van der Waals surface area (Å²) < 4.78 is 12.9. The number of halogens is 1. The van der Waals surface area contributed by atoms with Crippen molar-refractivity contribution in [3.8, 4) is 0 Å². The Bertz CT molecular complexity index is 1140. The molecular formula is C20H19FN4O3S. The third-order valence-corrected chi connectivity index (χ3v) is 6.07. The number of carbonyl (C=O) groups excluding carboxylic acids is 2. The van der Waals surface area contributed by atoms with Crippen molar-refractivity contribution >= 4 is 33.4 Å². The minimum absolute atomic E-state index is 0.0449. The number of hydrogen-bond donors (Lipinski definition) is 3. The van der Waals surface area contributed by atoms with Gasteiger partial charge >= 0.3 is 0 Å². The van der Waals surface area contributed by atoms with Gasteiger partial charge in [-0.2, -0.15) is 0 Å². The van der Waals surface area contributed by atoms with Crippen LogP contribution in [0.5, 0.6) is 0 Å². The first-order chi connectivity index (χ1) is 14.0. The number of fused-ring (bicyclic) bond motifs is 3. The van der Waals surface area contributed by atoms with Crippen LogP contribution in [0.15, 0.2) is 29.1 Å². The largest absolute Gasteiger partial charge is 0.310 e. The van der Waals surface area contributed by atoms with E-state index in [-0.39, 0.29) is 24.0 Å². The highest BCUT2D eigenvalue weighted by Crippen LogP contribution is 2.33. The Morgan fingerprint density at radius 1 is 1.14 bits per heavy atom. The summed E-state index contributed by atoms with van der Waals surface area (Å²) in [6, 6.07) is 4.97. The molecular weight excluding hydrogens is 395 g/mol. The topological polar surface area (TPSA) is 104 Å². The first kappa shape index (κ1) is 19.3. The van der Waals surface area contributed by atoms with Gasteiger partial charge in [0.1, 0.15) is 16.5 Å². The molecule has 2 aromatic heterocycles. The summed E-state index contributed by atoms with van der Waals surface area (Å²) in [6.07, 6.45) is 4.41. The summed E-state index contributed by atoms with van der Waals surface area (Å²) in [7, 11) is 0. The van der Waals surface area contributed by atoms with Crippen molar-refractivity contribution in [2.24, 2.45) is 0 Å². The lowest BCUT2D eigenvalue weighted by atomic mass is 9.97. The number of hydrogen-bond acceptors (Lipinski definition) is 5. The maximum Gasteiger partial charge on any atom is 0.269 e. The zero-order valence-corrected chi connectivity index (χ0v) is 16.3. The summed E-state index contributed by atoms with van der Waals surface area (Å²) in [5.41, 5.74) is 5.78. The predicted molar refractivity (Wildman–Crippen MR) is 107 cm³/mol. The smallest absolute Gasteiger partial charge is 0.269 e. The molecule has 29 heavy (non-hydrogen) atoms. The Kier molecular flexibility index (Phi) is 5.39. The average molecular weight is 414 g/mol. The summed E-state index contributed by atoms with van der Waals surface area (Å²) >= 11 is 1.56. The van der Waals surface area contributed by atoms with Crippen LogP contribution >= 0.6 is 11.3 Å². The van der Waals surface area contributed by atoms with Gasteiger partial charge in [0.15, 0.2) is 0 Å². The number of aromatic amines is 1. The lowest BCUT2D eigenvalue weighted by molar-refractivity contribution is -0.121. The maximum absolute atomic E-state index is 12.9. The van der Waals surface area contributed by atoms with Crippen LogP contribution in [0, 0.1) is 5.82 Å². The molecule has 0 atom stereocenters. The monoisotopic (exact) mass is 414 g/mol. The molecule has 0 radical (unpaired) electrons. The quantitative estimate of drug-likeness (QED) is 0.570. The molecule has 2 heterocycles. The van der Waals surface area contributed by atoms with Crippen molar-refractivity contribution in [3.63, 3.8) is 0 Å². The Hall–Kier alpha value is -3.07. The van der Waals surface area contributed by atoms with Gasteiger partial charge in [-0.15, -0.1) is 11.3 Å². The highest BCUT2D eigenvalue weighted by atomic mass is 32.1. The van der Waals surface area contributed by atoms with Gasteiger partial charge in [0.05, 0.1) is 5.39 Å². The van der Waals surface area contributed by atoms with Crippen LogP contribution < -0.4 is 16.4 Å². The summed E-state index contributed by atoms with van der Waals surface area (Å²) in [6.45, 7) is 0. The minimum atomic E-state index is -0.546. The molecule has 1 aliphatic rings. The van der Waals surface area contributed by atoms with Crippen LogP contribution in [0.25, 0.3) is 10.2 Å². The van der Waals surface area contributed by atoms with Gasteiger partial charge < -0.3 is 4.98 Å². The fourth-order valence-corrected chi connectivity index (χ4v) is 4.70. The molecule has 2 amide bonds. The van der Waals surface area contributed by atoms with Crippen LogP contribution in [0.1, 0.15) is 45.9 Å². The molecule has 0 unspecified atom stereocenters. The molecule has 1 aliphatic carbocycles. The van der Waals surface area contributed by atoms with Crippen LogP contribution in [-0.4, -0.2) is 21.8 Å². The zero-order chi connectivity index (χ0) is 20.4. The molecule has 0 saturated heterocycles. The van der Waals surface area contributed by atoms with E-state index >= 15 is 0 Å². The summed E-state index contributed by atoms with van der Waals surface area (Å²) in [5.74, 6) is -0.971. The van der Waals surface area contributed by atoms with Gasteiger partial charge in [-0.1, -0.05) is 0 Å². The predicted octanol–water partition coefficient (Wildman–Crippen LogP) is 2.40. The molecule has 150 valence electrons. The van der Waals surface area contributed by atoms with Gasteiger partial charge in [-0.25, -0.2) is 9.37 Å². The van der Waals surface area contributed by atoms with Crippen LogP contribution in [0.3, 0.4) is 0 Å². The Labute approximate surface area is 169 Å². The van der Waals surface area contributed by atoms with E-state index in [2.05, 4.69) is 20.8 Å². The molecule has 7 nitrogen and oxygen atoms in total. The molecule has 0 spiro atoms. The Morgan fingerprint density at radius 2 is 1.90 bits per heavy atom. The number of nitrogens with one attached hydrogen (secondary N) is 3. The Balaban J connectivity index is 1.36. The Morgan fingerprint density at radius 3 is 2.69 bits per heavy atom. The molecule has 0 fully saturated rings. The number of amides is 2. The van der Waals surface area contributed by atoms with Crippen molar-refractivity contribution in [1.29, 1.82) is 0 Å². The second-order valence-electron chi connectivity index (χ2n) is 6.91. The van der Waals surface area contributed by atoms with Crippen LogP contribution in [-0.2, 0) is 24.1 Å². The third-order valence-electron chi connectivity index (χ3n) is 4.88. The number of H-pyrrole nitrogens is 1. The standard InChI is InChI=1S/C20H19FN4O3S/c21-12-7-5-11(6-8-12)18(27)25-24-16(26)10-9-15-22-19(28)17-13-3-1-2-4-14(13)29-20(17)23-15/h5-8H,1-4,9-10H2,(H,24,26)(H,25,27)(H,22,23,28). The highest BCUT2D eigenvalue weighted by molar-refractivity contribution is 7.18. The summed E-state index contributed by atoms with van der Waals surface area (Å²) in [4.78, 5) is 45.7. The molecule has 3 aromatic rings. The number of nitrogens with zero attached hydrogens (tertiary/aromatic N) is 1. The molecule has 0 saturated carbocycles. The van der Waals surface area contributed by atoms with E-state index in [1.807, 2.05) is 0 Å².